The van der Waals surface area contributed by atoms with E-state index in [1.807, 2.05) is 0 Å². The molecule has 3 aromatic heterocycles. The van der Waals surface area contributed by atoms with Crippen LogP contribution in [-0.2, 0) is 4.74 Å². The van der Waals surface area contributed by atoms with Crippen LogP contribution in [0.3, 0.4) is 0 Å². The van der Waals surface area contributed by atoms with E-state index in [-0.39, 0.29) is 11.3 Å². The zero-order valence-corrected chi connectivity index (χ0v) is 35.0. The number of aliphatic hydroxyl groups is 4. The first-order valence-electron chi connectivity index (χ1n) is 20.2. The number of hydrogen-bond acceptors (Lipinski definition) is 24. The minimum absolute atomic E-state index is 0.0544. The van der Waals surface area contributed by atoms with Crippen LogP contribution in [0.2, 0.25) is 0 Å². The zero-order chi connectivity index (χ0) is 50.3. The molecule has 24 nitrogen and oxygen atoms in total. The number of fused-ring (bicyclic) bond motifs is 6. The summed E-state index contributed by atoms with van der Waals surface area (Å²) in [5, 5.41) is 161. The average Bonchev–Trinajstić information content (AvgIpc) is 3.30. The first-order valence-corrected chi connectivity index (χ1v) is 20.2. The molecule has 1 saturated heterocycles. The van der Waals surface area contributed by atoms with Crippen LogP contribution in [0.4, 0.5) is 0 Å². The molecule has 360 valence electrons. The quantitative estimate of drug-likeness (QED) is 0.0647. The van der Waals surface area contributed by atoms with Crippen LogP contribution in [0.25, 0.3) is 88.1 Å². The Morgan fingerprint density at radius 3 is 1.64 bits per heavy atom. The van der Waals surface area contributed by atoms with Gasteiger partial charge in [0.05, 0.1) is 30.2 Å². The van der Waals surface area contributed by atoms with Crippen LogP contribution in [0.1, 0.15) is 0 Å². The van der Waals surface area contributed by atoms with Gasteiger partial charge in [-0.2, -0.15) is 0 Å². The fourth-order valence-electron chi connectivity index (χ4n) is 8.66. The molecule has 0 bridgehead atoms. The molecule has 0 unspecified atom stereocenters. The lowest BCUT2D eigenvalue weighted by molar-refractivity contribution is -0.277. The van der Waals surface area contributed by atoms with Crippen molar-refractivity contribution in [1.29, 1.82) is 0 Å². The second kappa shape index (κ2) is 15.5. The van der Waals surface area contributed by atoms with Crippen molar-refractivity contribution in [1.82, 2.24) is 0 Å². The zero-order valence-electron chi connectivity index (χ0n) is 35.0. The van der Waals surface area contributed by atoms with Crippen LogP contribution >= 0.6 is 0 Å². The minimum atomic E-state index is -2.19. The van der Waals surface area contributed by atoms with Crippen molar-refractivity contribution in [3.05, 3.63) is 73.1 Å². The summed E-state index contributed by atoms with van der Waals surface area (Å²) < 4.78 is 33.2. The van der Waals surface area contributed by atoms with Crippen molar-refractivity contribution in [3.63, 3.8) is 0 Å². The average molecular weight is 969 g/mol. The standard InChI is InChI=1S/C46H32O24/c1-65-10-2-16(50)26-21(3-10)67-42-18(52)5-12(32(55)28(42)36(26)59)24-17(51)8-22-27(35(24)58)37(60)29-33(56)13(6-19(53)43(29)68-22)25-38(61)45(70-46-41(64)40(63)34(57)23(9-47)69-46)39(62)30-31(54)11-4-14(48)15(49)7-20(11)66-44(25)30/h2-8,23,34,40-41,46-53,55-58,61-64H,9H2,1H3/t23-,34-,40+,41-,46+/m1/s1. The summed E-state index contributed by atoms with van der Waals surface area (Å²) in [5.74, 6) is -12.4. The van der Waals surface area contributed by atoms with Crippen molar-refractivity contribution < 1.29 is 104 Å². The van der Waals surface area contributed by atoms with Crippen molar-refractivity contribution in [2.75, 3.05) is 13.7 Å². The van der Waals surface area contributed by atoms with Crippen molar-refractivity contribution in [2.24, 2.45) is 0 Å². The molecule has 0 aliphatic carbocycles. The van der Waals surface area contributed by atoms with Crippen LogP contribution in [0.15, 0.2) is 70.1 Å². The summed E-state index contributed by atoms with van der Waals surface area (Å²) >= 11 is 0. The highest BCUT2D eigenvalue weighted by Crippen LogP contribution is 2.55. The molecule has 24 heteroatoms. The summed E-state index contributed by atoms with van der Waals surface area (Å²) in [6.07, 6.45) is -9.94. The normalized spacial score (nSPS) is 18.4. The molecule has 6 aromatic carbocycles. The van der Waals surface area contributed by atoms with E-state index >= 15 is 0 Å². The lowest BCUT2D eigenvalue weighted by Crippen LogP contribution is -2.60. The maximum Gasteiger partial charge on any atom is 0.229 e. The number of hydrogen-bond donors (Lipinski definition) is 15. The Balaban J connectivity index is 1.24. The topological polar surface area (TPSA) is 422 Å². The van der Waals surface area contributed by atoms with Gasteiger partial charge in [0.1, 0.15) is 103 Å². The van der Waals surface area contributed by atoms with Gasteiger partial charge in [-0.05, 0) is 18.2 Å². The fourth-order valence-corrected chi connectivity index (χ4v) is 8.66. The molecule has 1 aliphatic heterocycles. The molecular weight excluding hydrogens is 936 g/mol. The highest BCUT2D eigenvalue weighted by molar-refractivity contribution is 6.11. The summed E-state index contributed by atoms with van der Waals surface area (Å²) in [5.41, 5.74) is -10.8. The minimum Gasteiger partial charge on any atom is -0.507 e. The number of aromatic hydroxyl groups is 11. The first-order chi connectivity index (χ1) is 33.2. The van der Waals surface area contributed by atoms with Gasteiger partial charge in [0.15, 0.2) is 51.2 Å². The second-order valence-corrected chi connectivity index (χ2v) is 16.1. The molecule has 70 heavy (non-hydrogen) atoms. The Morgan fingerprint density at radius 1 is 0.486 bits per heavy atom. The number of phenols is 11. The van der Waals surface area contributed by atoms with Gasteiger partial charge in [0.25, 0.3) is 0 Å². The van der Waals surface area contributed by atoms with Gasteiger partial charge in [-0.1, -0.05) is 0 Å². The Morgan fingerprint density at radius 2 is 1.03 bits per heavy atom. The molecule has 15 N–H and O–H groups in total. The van der Waals surface area contributed by atoms with E-state index in [4.69, 9.17) is 27.5 Å². The largest absolute Gasteiger partial charge is 0.507 e. The van der Waals surface area contributed by atoms with E-state index in [0.717, 1.165) is 30.3 Å². The predicted molar refractivity (Wildman–Crippen MR) is 237 cm³/mol. The molecule has 9 aromatic rings. The Labute approximate surface area is 383 Å². The van der Waals surface area contributed by atoms with Gasteiger partial charge in [-0.15, -0.1) is 0 Å². The van der Waals surface area contributed by atoms with E-state index in [1.54, 1.807) is 0 Å². The SMILES string of the molecule is COc1cc(O)c2c(=O)c3c(O)c(-c4c(O)cc5oc6c(O)cc(-c7c(O)c(O[C@@H]8O[C@H](CO)[C@@H](O)[C@H](O)[C@H]8O)c(O)c8c(=O)c9cc(O)c(O)cc9oc78)c(O)c6c(=O)c5c4O)cc(O)c3oc2c1. The Hall–Kier alpha value is -9.07. The van der Waals surface area contributed by atoms with Crippen molar-refractivity contribution >= 4 is 65.8 Å². The Kier molecular flexibility index (Phi) is 9.90. The van der Waals surface area contributed by atoms with Crippen LogP contribution in [-0.4, -0.2) is 121 Å². The number of phenolic OH excluding ortho intramolecular Hbond substituents is 11. The van der Waals surface area contributed by atoms with E-state index in [1.165, 1.54) is 13.2 Å². The second-order valence-electron chi connectivity index (χ2n) is 16.1. The molecule has 10 rings (SSSR count). The van der Waals surface area contributed by atoms with Gasteiger partial charge in [0.2, 0.25) is 28.3 Å². The summed E-state index contributed by atoms with van der Waals surface area (Å²) in [6.45, 7) is -0.960. The third-order valence-electron chi connectivity index (χ3n) is 12.1. The highest BCUT2D eigenvalue weighted by Gasteiger charge is 2.46. The lowest BCUT2D eigenvalue weighted by atomic mass is 9.94. The third kappa shape index (κ3) is 6.18. The number of ether oxygens (including phenoxy) is 3. The van der Waals surface area contributed by atoms with Gasteiger partial charge < -0.3 is 104 Å². The molecule has 1 aliphatic rings. The van der Waals surface area contributed by atoms with Gasteiger partial charge in [-0.3, -0.25) is 14.4 Å². The Bertz CT molecular complexity index is 3980. The maximum atomic E-state index is 14.6. The highest BCUT2D eigenvalue weighted by atomic mass is 16.7. The van der Waals surface area contributed by atoms with Crippen molar-refractivity contribution in [3.8, 4) is 97.0 Å². The smallest absolute Gasteiger partial charge is 0.229 e. The molecule has 4 heterocycles. The van der Waals surface area contributed by atoms with Crippen LogP contribution in [0, 0.1) is 0 Å². The molecule has 0 amide bonds. The maximum absolute atomic E-state index is 14.6. The molecule has 0 saturated carbocycles. The van der Waals surface area contributed by atoms with E-state index in [0.29, 0.717) is 6.07 Å². The number of rotatable bonds is 6. The summed E-state index contributed by atoms with van der Waals surface area (Å²) in [6, 6.07) is 5.91. The molecule has 1 fully saturated rings. The molecular formula is C46H32O24. The van der Waals surface area contributed by atoms with Crippen LogP contribution < -0.4 is 25.8 Å². The van der Waals surface area contributed by atoms with Crippen LogP contribution in [0.5, 0.6) is 74.7 Å². The molecule has 5 atom stereocenters. The monoisotopic (exact) mass is 968 g/mol. The van der Waals surface area contributed by atoms with E-state index in [2.05, 4.69) is 0 Å². The van der Waals surface area contributed by atoms with E-state index in [9.17, 15) is 91.0 Å². The molecule has 0 radical (unpaired) electrons. The van der Waals surface area contributed by atoms with Gasteiger partial charge >= 0.3 is 0 Å². The summed E-state index contributed by atoms with van der Waals surface area (Å²) in [4.78, 5) is 42.6. The number of aliphatic hydroxyl groups excluding tert-OH is 4. The number of methoxy groups -OCH3 is 1. The lowest BCUT2D eigenvalue weighted by Gasteiger charge is -2.39. The third-order valence-corrected chi connectivity index (χ3v) is 12.1. The van der Waals surface area contributed by atoms with Gasteiger partial charge in [0, 0.05) is 35.4 Å². The van der Waals surface area contributed by atoms with Gasteiger partial charge in [-0.25, -0.2) is 0 Å². The summed E-state index contributed by atoms with van der Waals surface area (Å²) in [7, 11) is 1.26. The number of benzene rings is 6. The first kappa shape index (κ1) is 44.7. The van der Waals surface area contributed by atoms with Crippen molar-refractivity contribution in [2.45, 2.75) is 30.7 Å². The fraction of sp³-hybridized carbons (Fsp3) is 0.152. The predicted octanol–water partition coefficient (Wildman–Crippen LogP) is 2.75. The van der Waals surface area contributed by atoms with E-state index < -0.39 is 205 Å². The molecule has 0 spiro atoms.